The molecule has 1 saturated carbocycles. The Labute approximate surface area is 120 Å². The molecule has 19 heavy (non-hydrogen) atoms. The monoisotopic (exact) mass is 266 g/mol. The van der Waals surface area contributed by atoms with Crippen LogP contribution in [0.2, 0.25) is 0 Å². The molecule has 2 fully saturated rings. The summed E-state index contributed by atoms with van der Waals surface area (Å²) in [6.07, 6.45) is 9.76. The number of nitrogens with one attached hydrogen (secondary N) is 1. The van der Waals surface area contributed by atoms with Crippen LogP contribution in [0.25, 0.3) is 0 Å². The Hall–Kier alpha value is -0.0800. The molecular formula is C17H34N2. The van der Waals surface area contributed by atoms with Gasteiger partial charge < -0.3 is 10.2 Å². The highest BCUT2D eigenvalue weighted by Crippen LogP contribution is 2.35. The van der Waals surface area contributed by atoms with Gasteiger partial charge in [-0.15, -0.1) is 0 Å². The van der Waals surface area contributed by atoms with Gasteiger partial charge in [-0.25, -0.2) is 0 Å². The Morgan fingerprint density at radius 1 is 1.11 bits per heavy atom. The van der Waals surface area contributed by atoms with Crippen molar-refractivity contribution in [1.29, 1.82) is 0 Å². The topological polar surface area (TPSA) is 15.3 Å². The van der Waals surface area contributed by atoms with Crippen molar-refractivity contribution >= 4 is 0 Å². The molecule has 0 aromatic carbocycles. The molecule has 0 amide bonds. The van der Waals surface area contributed by atoms with Crippen LogP contribution in [-0.2, 0) is 0 Å². The average Bonchev–Trinajstić information content (AvgIpc) is 2.38. The van der Waals surface area contributed by atoms with Gasteiger partial charge in [-0.2, -0.15) is 0 Å². The molecule has 1 aliphatic carbocycles. The quantitative estimate of drug-likeness (QED) is 0.764. The third-order valence-electron chi connectivity index (χ3n) is 5.43. The van der Waals surface area contributed by atoms with E-state index in [0.717, 1.165) is 12.0 Å². The molecule has 2 aliphatic rings. The van der Waals surface area contributed by atoms with E-state index in [1.807, 2.05) is 0 Å². The first-order valence-electron chi connectivity index (χ1n) is 8.54. The first-order valence-corrected chi connectivity index (χ1v) is 8.54. The lowest BCUT2D eigenvalue weighted by Crippen LogP contribution is -2.45. The first-order chi connectivity index (χ1) is 9.08. The number of rotatable bonds is 5. The van der Waals surface area contributed by atoms with E-state index in [4.69, 9.17) is 0 Å². The Kier molecular flexibility index (Phi) is 5.70. The second-order valence-electron chi connectivity index (χ2n) is 7.62. The van der Waals surface area contributed by atoms with Gasteiger partial charge in [-0.3, -0.25) is 0 Å². The fraction of sp³-hybridized carbons (Fsp3) is 1.00. The molecule has 1 N–H and O–H groups in total. The summed E-state index contributed by atoms with van der Waals surface area (Å²) in [5.74, 6) is 0.956. The molecule has 2 heteroatoms. The molecule has 0 radical (unpaired) electrons. The van der Waals surface area contributed by atoms with Crippen molar-refractivity contribution in [1.82, 2.24) is 10.2 Å². The predicted octanol–water partition coefficient (Wildman–Crippen LogP) is 3.67. The van der Waals surface area contributed by atoms with E-state index in [0.29, 0.717) is 5.41 Å². The summed E-state index contributed by atoms with van der Waals surface area (Å²) < 4.78 is 0. The highest BCUT2D eigenvalue weighted by molar-refractivity contribution is 4.87. The number of hydrogen-bond acceptors (Lipinski definition) is 2. The smallest absolute Gasteiger partial charge is 0.0118 e. The van der Waals surface area contributed by atoms with E-state index < -0.39 is 0 Å². The standard InChI is InChI=1S/C17H34N2/c1-15-8-13-19(14-9-15)12-6-11-18-16-7-4-5-10-17(16,2)3/h15-16,18H,4-14H2,1-3H3. The third kappa shape index (κ3) is 4.75. The van der Waals surface area contributed by atoms with Gasteiger partial charge in [0.15, 0.2) is 0 Å². The summed E-state index contributed by atoms with van der Waals surface area (Å²) in [6.45, 7) is 12.4. The Morgan fingerprint density at radius 2 is 1.84 bits per heavy atom. The van der Waals surface area contributed by atoms with Crippen LogP contribution in [0.15, 0.2) is 0 Å². The summed E-state index contributed by atoms with van der Waals surface area (Å²) in [5, 5.41) is 3.83. The SMILES string of the molecule is CC1CCN(CCCNC2CCCCC2(C)C)CC1. The average molecular weight is 266 g/mol. The van der Waals surface area contributed by atoms with Crippen molar-refractivity contribution < 1.29 is 0 Å². The van der Waals surface area contributed by atoms with Gasteiger partial charge in [0.1, 0.15) is 0 Å². The molecule has 1 saturated heterocycles. The van der Waals surface area contributed by atoms with Gasteiger partial charge in [-0.05, 0) is 69.6 Å². The van der Waals surface area contributed by atoms with Crippen molar-refractivity contribution in [2.45, 2.75) is 71.8 Å². The van der Waals surface area contributed by atoms with Crippen molar-refractivity contribution in [3.8, 4) is 0 Å². The maximum absolute atomic E-state index is 3.83. The van der Waals surface area contributed by atoms with Crippen molar-refractivity contribution in [3.63, 3.8) is 0 Å². The largest absolute Gasteiger partial charge is 0.313 e. The molecule has 1 heterocycles. The van der Waals surface area contributed by atoms with Crippen molar-refractivity contribution in [2.75, 3.05) is 26.2 Å². The fourth-order valence-corrected chi connectivity index (χ4v) is 3.74. The molecule has 2 nitrogen and oxygen atoms in total. The lowest BCUT2D eigenvalue weighted by atomic mass is 9.73. The zero-order valence-corrected chi connectivity index (χ0v) is 13.4. The molecule has 1 atom stereocenters. The van der Waals surface area contributed by atoms with Gasteiger partial charge >= 0.3 is 0 Å². The number of piperidine rings is 1. The van der Waals surface area contributed by atoms with Crippen LogP contribution in [0.3, 0.4) is 0 Å². The van der Waals surface area contributed by atoms with Gasteiger partial charge in [0.2, 0.25) is 0 Å². The first kappa shape index (κ1) is 15.3. The van der Waals surface area contributed by atoms with E-state index in [-0.39, 0.29) is 0 Å². The van der Waals surface area contributed by atoms with Crippen LogP contribution in [0.4, 0.5) is 0 Å². The Bertz CT molecular complexity index is 254. The number of likely N-dealkylation sites (tertiary alicyclic amines) is 1. The zero-order valence-electron chi connectivity index (χ0n) is 13.4. The highest BCUT2D eigenvalue weighted by Gasteiger charge is 2.31. The summed E-state index contributed by atoms with van der Waals surface area (Å²) in [6, 6.07) is 0.752. The molecule has 0 spiro atoms. The molecule has 1 unspecified atom stereocenters. The van der Waals surface area contributed by atoms with Crippen molar-refractivity contribution in [2.24, 2.45) is 11.3 Å². The summed E-state index contributed by atoms with van der Waals surface area (Å²) in [7, 11) is 0. The van der Waals surface area contributed by atoms with Crippen LogP contribution in [0.5, 0.6) is 0 Å². The van der Waals surface area contributed by atoms with Crippen LogP contribution in [0.1, 0.15) is 65.7 Å². The molecule has 0 aromatic heterocycles. The van der Waals surface area contributed by atoms with Gasteiger partial charge in [-0.1, -0.05) is 33.6 Å². The van der Waals surface area contributed by atoms with Crippen LogP contribution >= 0.6 is 0 Å². The second-order valence-corrected chi connectivity index (χ2v) is 7.62. The molecule has 1 aliphatic heterocycles. The van der Waals surface area contributed by atoms with E-state index in [9.17, 15) is 0 Å². The van der Waals surface area contributed by atoms with E-state index in [2.05, 4.69) is 31.0 Å². The molecular weight excluding hydrogens is 232 g/mol. The minimum atomic E-state index is 0.513. The molecule has 0 aromatic rings. The maximum atomic E-state index is 3.83. The minimum absolute atomic E-state index is 0.513. The van der Waals surface area contributed by atoms with Crippen molar-refractivity contribution in [3.05, 3.63) is 0 Å². The normalized spacial score (nSPS) is 29.5. The summed E-state index contributed by atoms with van der Waals surface area (Å²) >= 11 is 0. The van der Waals surface area contributed by atoms with Crippen LogP contribution in [-0.4, -0.2) is 37.1 Å². The predicted molar refractivity (Wildman–Crippen MR) is 83.5 cm³/mol. The lowest BCUT2D eigenvalue weighted by molar-refractivity contribution is 0.160. The van der Waals surface area contributed by atoms with Crippen LogP contribution in [0, 0.1) is 11.3 Å². The van der Waals surface area contributed by atoms with Crippen LogP contribution < -0.4 is 5.32 Å². The molecule has 112 valence electrons. The lowest BCUT2D eigenvalue weighted by Gasteiger charge is -2.39. The Morgan fingerprint density at radius 3 is 2.53 bits per heavy atom. The van der Waals surface area contributed by atoms with Gasteiger partial charge in [0.25, 0.3) is 0 Å². The zero-order chi connectivity index (χ0) is 13.7. The minimum Gasteiger partial charge on any atom is -0.313 e. The second kappa shape index (κ2) is 7.08. The molecule has 0 bridgehead atoms. The molecule has 2 rings (SSSR count). The number of nitrogens with zero attached hydrogens (tertiary/aromatic N) is 1. The maximum Gasteiger partial charge on any atom is 0.0118 e. The summed E-state index contributed by atoms with van der Waals surface area (Å²) in [4.78, 5) is 2.66. The van der Waals surface area contributed by atoms with E-state index in [1.54, 1.807) is 0 Å². The van der Waals surface area contributed by atoms with Gasteiger partial charge in [0, 0.05) is 6.04 Å². The van der Waals surface area contributed by atoms with Gasteiger partial charge in [0.05, 0.1) is 0 Å². The fourth-order valence-electron chi connectivity index (χ4n) is 3.74. The summed E-state index contributed by atoms with van der Waals surface area (Å²) in [5.41, 5.74) is 0.513. The Balaban J connectivity index is 1.58. The van der Waals surface area contributed by atoms with E-state index in [1.165, 1.54) is 71.1 Å². The van der Waals surface area contributed by atoms with E-state index >= 15 is 0 Å². The number of hydrogen-bond donors (Lipinski definition) is 1. The third-order valence-corrected chi connectivity index (χ3v) is 5.43. The highest BCUT2D eigenvalue weighted by atomic mass is 15.1.